The second kappa shape index (κ2) is 7.31. The molecule has 3 nitrogen and oxygen atoms in total. The summed E-state index contributed by atoms with van der Waals surface area (Å²) < 4.78 is 6.42. The number of thiol groups is 2. The number of ether oxygens (including phenoxy) is 1. The van der Waals surface area contributed by atoms with Crippen LogP contribution in [0.2, 0.25) is 0 Å². The van der Waals surface area contributed by atoms with Gasteiger partial charge in [-0.05, 0) is 44.7 Å². The second-order valence-corrected chi connectivity index (χ2v) is 6.50. The molecule has 0 bridgehead atoms. The predicted octanol–water partition coefficient (Wildman–Crippen LogP) is 3.45. The molecule has 0 aromatic carbocycles. The van der Waals surface area contributed by atoms with Crippen molar-refractivity contribution < 1.29 is 4.74 Å². The number of likely N-dealkylation sites (N-methyl/N-ethyl adjacent to an activating group) is 2. The summed E-state index contributed by atoms with van der Waals surface area (Å²) in [5.41, 5.74) is 1.88. The minimum atomic E-state index is -0.200. The highest BCUT2D eigenvalue weighted by atomic mass is 32.2. The van der Waals surface area contributed by atoms with E-state index in [1.165, 1.54) is 0 Å². The van der Waals surface area contributed by atoms with E-state index in [9.17, 15) is 0 Å². The summed E-state index contributed by atoms with van der Waals surface area (Å²) >= 11 is 8.57. The fourth-order valence-electron chi connectivity index (χ4n) is 2.33. The van der Waals surface area contributed by atoms with Crippen molar-refractivity contribution in [2.75, 3.05) is 14.1 Å². The SMILES string of the molecule is CNC1=CCC(C=CC2=CC(=C(S)S)C=C(C)O2)(NC)C=C1. The van der Waals surface area contributed by atoms with Crippen LogP contribution < -0.4 is 10.6 Å². The molecule has 1 atom stereocenters. The molecule has 1 aliphatic carbocycles. The first kappa shape index (κ1) is 17.1. The van der Waals surface area contributed by atoms with Crippen LogP contribution in [-0.4, -0.2) is 19.6 Å². The highest BCUT2D eigenvalue weighted by molar-refractivity contribution is 8.05. The fourth-order valence-corrected chi connectivity index (χ4v) is 2.59. The average molecular weight is 335 g/mol. The van der Waals surface area contributed by atoms with Crippen molar-refractivity contribution in [3.8, 4) is 0 Å². The van der Waals surface area contributed by atoms with Crippen molar-refractivity contribution in [2.45, 2.75) is 18.9 Å². The lowest BCUT2D eigenvalue weighted by molar-refractivity contribution is 0.317. The van der Waals surface area contributed by atoms with Crippen LogP contribution in [0.3, 0.4) is 0 Å². The predicted molar refractivity (Wildman–Crippen MR) is 99.8 cm³/mol. The third kappa shape index (κ3) is 4.12. The van der Waals surface area contributed by atoms with Gasteiger partial charge < -0.3 is 15.4 Å². The number of rotatable bonds is 4. The molecule has 2 rings (SSSR count). The van der Waals surface area contributed by atoms with E-state index in [1.54, 1.807) is 0 Å². The molecule has 1 aliphatic heterocycles. The zero-order chi connectivity index (χ0) is 16.2. The molecule has 1 heterocycles. The Labute approximate surface area is 143 Å². The summed E-state index contributed by atoms with van der Waals surface area (Å²) in [6, 6.07) is 0. The standard InChI is InChI=1S/C17H22N2OS2/c1-12-10-13(16(21)22)11-15(20-12)6-9-17(19-3)7-4-14(18-2)5-8-17/h4-7,9-11,18-19,21-22H,8H2,1-3H3. The second-order valence-electron chi connectivity index (χ2n) is 5.25. The molecule has 2 N–H and O–H groups in total. The molecule has 5 heteroatoms. The van der Waals surface area contributed by atoms with E-state index in [4.69, 9.17) is 4.74 Å². The fraction of sp³-hybridized carbons (Fsp3) is 0.294. The van der Waals surface area contributed by atoms with Crippen LogP contribution >= 0.6 is 25.3 Å². The molecule has 0 saturated carbocycles. The molecule has 1 unspecified atom stereocenters. The largest absolute Gasteiger partial charge is 0.462 e. The molecule has 0 saturated heterocycles. The Balaban J connectivity index is 2.19. The van der Waals surface area contributed by atoms with Gasteiger partial charge in [-0.1, -0.05) is 18.2 Å². The molecule has 0 amide bonds. The van der Waals surface area contributed by atoms with Crippen molar-refractivity contribution in [1.29, 1.82) is 0 Å². The monoisotopic (exact) mass is 334 g/mol. The molecule has 0 radical (unpaired) electrons. The zero-order valence-electron chi connectivity index (χ0n) is 13.1. The Morgan fingerprint density at radius 1 is 1.32 bits per heavy atom. The van der Waals surface area contributed by atoms with Gasteiger partial charge in [-0.2, -0.15) is 0 Å². The summed E-state index contributed by atoms with van der Waals surface area (Å²) in [7, 11) is 3.88. The van der Waals surface area contributed by atoms with Gasteiger partial charge in [0.15, 0.2) is 0 Å². The molecule has 22 heavy (non-hydrogen) atoms. The van der Waals surface area contributed by atoms with E-state index in [1.807, 2.05) is 39.2 Å². The van der Waals surface area contributed by atoms with Crippen LogP contribution in [0.4, 0.5) is 0 Å². The molecule has 0 aromatic rings. The van der Waals surface area contributed by atoms with Gasteiger partial charge in [-0.15, -0.1) is 25.3 Å². The van der Waals surface area contributed by atoms with Crippen LogP contribution in [0.25, 0.3) is 0 Å². The lowest BCUT2D eigenvalue weighted by Gasteiger charge is -2.29. The van der Waals surface area contributed by atoms with Crippen LogP contribution in [-0.2, 0) is 4.74 Å². The molecular weight excluding hydrogens is 312 g/mol. The molecule has 0 fully saturated rings. The molecule has 2 aliphatic rings. The Hall–Kier alpha value is -1.30. The Morgan fingerprint density at radius 3 is 2.64 bits per heavy atom. The van der Waals surface area contributed by atoms with Crippen molar-refractivity contribution >= 4 is 25.3 Å². The van der Waals surface area contributed by atoms with Gasteiger partial charge >= 0.3 is 0 Å². The van der Waals surface area contributed by atoms with E-state index < -0.39 is 0 Å². The topological polar surface area (TPSA) is 33.3 Å². The maximum atomic E-state index is 5.74. The highest BCUT2D eigenvalue weighted by Gasteiger charge is 2.23. The summed E-state index contributed by atoms with van der Waals surface area (Å²) in [5.74, 6) is 1.61. The van der Waals surface area contributed by atoms with Crippen LogP contribution in [0.1, 0.15) is 13.3 Å². The highest BCUT2D eigenvalue weighted by Crippen LogP contribution is 2.27. The van der Waals surface area contributed by atoms with Gasteiger partial charge in [0.1, 0.15) is 11.5 Å². The lowest BCUT2D eigenvalue weighted by Crippen LogP contribution is -2.40. The molecule has 118 valence electrons. The van der Waals surface area contributed by atoms with Crippen molar-refractivity contribution in [2.24, 2.45) is 0 Å². The zero-order valence-corrected chi connectivity index (χ0v) is 14.8. The Kier molecular flexibility index (Phi) is 5.67. The van der Waals surface area contributed by atoms with E-state index in [0.717, 1.165) is 29.2 Å². The average Bonchev–Trinajstić information content (AvgIpc) is 2.53. The van der Waals surface area contributed by atoms with Gasteiger partial charge in [0.2, 0.25) is 0 Å². The first-order valence-corrected chi connectivity index (χ1v) is 8.03. The molecule has 0 spiro atoms. The summed E-state index contributed by atoms with van der Waals surface area (Å²) in [5, 5.41) is 6.51. The van der Waals surface area contributed by atoms with Crippen LogP contribution in [0.5, 0.6) is 0 Å². The minimum absolute atomic E-state index is 0.200. The van der Waals surface area contributed by atoms with Gasteiger partial charge in [-0.25, -0.2) is 0 Å². The summed E-state index contributed by atoms with van der Waals surface area (Å²) in [4.78, 5) is 0. The van der Waals surface area contributed by atoms with Gasteiger partial charge in [0.25, 0.3) is 0 Å². The Bertz CT molecular complexity index is 623. The van der Waals surface area contributed by atoms with Crippen LogP contribution in [0, 0.1) is 0 Å². The van der Waals surface area contributed by atoms with E-state index in [0.29, 0.717) is 4.24 Å². The molecular formula is C17H22N2OS2. The third-order valence-electron chi connectivity index (χ3n) is 3.71. The maximum absolute atomic E-state index is 5.74. The lowest BCUT2D eigenvalue weighted by atomic mass is 9.89. The van der Waals surface area contributed by atoms with Gasteiger partial charge in [0.05, 0.1) is 5.54 Å². The van der Waals surface area contributed by atoms with E-state index in [-0.39, 0.29) is 5.54 Å². The first-order valence-electron chi connectivity index (χ1n) is 7.13. The Morgan fingerprint density at radius 2 is 2.09 bits per heavy atom. The van der Waals surface area contributed by atoms with Crippen molar-refractivity contribution in [3.63, 3.8) is 0 Å². The number of hydrogen-bond acceptors (Lipinski definition) is 5. The quantitative estimate of drug-likeness (QED) is 0.594. The van der Waals surface area contributed by atoms with Gasteiger partial charge in [-0.3, -0.25) is 0 Å². The van der Waals surface area contributed by atoms with Crippen molar-refractivity contribution in [1.82, 2.24) is 10.6 Å². The number of hydrogen-bond donors (Lipinski definition) is 4. The van der Waals surface area contributed by atoms with Gasteiger partial charge in [0, 0.05) is 22.6 Å². The first-order chi connectivity index (χ1) is 10.5. The summed E-state index contributed by atoms with van der Waals surface area (Å²) in [6.45, 7) is 1.92. The summed E-state index contributed by atoms with van der Waals surface area (Å²) in [6.07, 6.45) is 15.2. The smallest absolute Gasteiger partial charge is 0.127 e. The number of allylic oxidation sites excluding steroid dienone is 6. The maximum Gasteiger partial charge on any atom is 0.127 e. The third-order valence-corrected chi connectivity index (χ3v) is 4.23. The van der Waals surface area contributed by atoms with E-state index >= 15 is 0 Å². The van der Waals surface area contributed by atoms with Crippen molar-refractivity contribution in [3.05, 3.63) is 69.6 Å². The normalized spacial score (nSPS) is 24.6. The van der Waals surface area contributed by atoms with E-state index in [2.05, 4.69) is 60.2 Å². The molecule has 0 aromatic heterocycles. The number of nitrogens with one attached hydrogen (secondary N) is 2. The minimum Gasteiger partial charge on any atom is -0.462 e. The van der Waals surface area contributed by atoms with Crippen LogP contribution in [0.15, 0.2) is 69.6 Å².